The van der Waals surface area contributed by atoms with Gasteiger partial charge in [0.25, 0.3) is 0 Å². The van der Waals surface area contributed by atoms with Gasteiger partial charge in [-0.25, -0.2) is 0 Å². The molecule has 0 aliphatic carbocycles. The van der Waals surface area contributed by atoms with Gasteiger partial charge in [-0.05, 0) is 63.5 Å². The maximum atomic E-state index is 6.19. The minimum Gasteiger partial charge on any atom is -0.466 e. The van der Waals surface area contributed by atoms with Gasteiger partial charge >= 0.3 is 7.12 Å². The van der Waals surface area contributed by atoms with E-state index in [1.807, 2.05) is 39.8 Å². The third-order valence-corrected chi connectivity index (χ3v) is 6.12. The Labute approximate surface area is 208 Å². The molecule has 2 aromatic rings. The number of methoxy groups -OCH3 is 2. The van der Waals surface area contributed by atoms with Gasteiger partial charge in [0.1, 0.15) is 11.5 Å². The lowest BCUT2D eigenvalue weighted by molar-refractivity contribution is 0.00578. The lowest BCUT2D eigenvalue weighted by Gasteiger charge is -2.32. The van der Waals surface area contributed by atoms with Crippen LogP contribution in [-0.4, -0.2) is 46.1 Å². The zero-order valence-corrected chi connectivity index (χ0v) is 22.1. The van der Waals surface area contributed by atoms with Crippen molar-refractivity contribution in [3.63, 3.8) is 0 Å². The van der Waals surface area contributed by atoms with Crippen molar-refractivity contribution >= 4 is 51.7 Å². The maximum absolute atomic E-state index is 6.19. The van der Waals surface area contributed by atoms with Crippen LogP contribution < -0.4 is 14.9 Å². The summed E-state index contributed by atoms with van der Waals surface area (Å²) in [5.74, 6) is 1.20. The topological polar surface area (TPSA) is 55.4 Å². The van der Waals surface area contributed by atoms with Crippen LogP contribution in [0.2, 0.25) is 10.0 Å². The summed E-state index contributed by atoms with van der Waals surface area (Å²) in [5, 5.41) is 1.08. The van der Waals surface area contributed by atoms with Crippen LogP contribution in [0.3, 0.4) is 0 Å². The van der Waals surface area contributed by atoms with Gasteiger partial charge in [0.15, 0.2) is 13.6 Å². The first-order valence-electron chi connectivity index (χ1n) is 9.84. The molecule has 0 amide bonds. The van der Waals surface area contributed by atoms with Gasteiger partial charge in [0.2, 0.25) is 0 Å². The van der Waals surface area contributed by atoms with Gasteiger partial charge in [-0.15, -0.1) is 0 Å². The van der Waals surface area contributed by atoms with E-state index < -0.39 is 7.12 Å². The summed E-state index contributed by atoms with van der Waals surface area (Å²) < 4.78 is 33.0. The van der Waals surface area contributed by atoms with E-state index in [1.54, 1.807) is 38.5 Å². The molecule has 0 N–H and O–H groups in total. The average molecular weight is 550 g/mol. The first-order chi connectivity index (χ1) is 15.0. The monoisotopic (exact) mass is 548 g/mol. The Kier molecular flexibility index (Phi) is 10.2. The number of benzene rings is 2. The van der Waals surface area contributed by atoms with Crippen LogP contribution in [0.4, 0.5) is 0 Å². The molecule has 1 aliphatic heterocycles. The van der Waals surface area contributed by atoms with Crippen LogP contribution in [0.25, 0.3) is 0 Å². The van der Waals surface area contributed by atoms with Crippen molar-refractivity contribution in [1.29, 1.82) is 0 Å². The fraction of sp³-hybridized carbons (Fsp3) is 0.455. The molecule has 1 aliphatic rings. The molecule has 6 nitrogen and oxygen atoms in total. The lowest BCUT2D eigenvalue weighted by Crippen LogP contribution is -2.41. The molecule has 2 aromatic carbocycles. The standard InChI is InChI=1S/C14H20BClO4.C8H8BrClO2/c1-13(2)14(3,4)20-15(19-13)10-6-7-12(11(16)8-10)18-9-17-5;1-11-5-12-8-3-2-6(9)4-7(8)10/h6-8H,9H2,1-5H3;2-4H,5H2,1H3. The van der Waals surface area contributed by atoms with Crippen molar-refractivity contribution in [2.45, 2.75) is 38.9 Å². The SMILES string of the molecule is COCOc1ccc(B2OC(C)(C)C(C)(C)O2)cc1Cl.COCOc1ccc(Br)cc1Cl. The molecule has 1 saturated heterocycles. The molecular formula is C22H28BBrCl2O6. The highest BCUT2D eigenvalue weighted by molar-refractivity contribution is 9.10. The molecule has 1 heterocycles. The summed E-state index contributed by atoms with van der Waals surface area (Å²) in [6.07, 6.45) is 0. The van der Waals surface area contributed by atoms with Crippen LogP contribution in [0.1, 0.15) is 27.7 Å². The fourth-order valence-electron chi connectivity index (χ4n) is 2.60. The van der Waals surface area contributed by atoms with Gasteiger partial charge in [0.05, 0.1) is 21.2 Å². The quantitative estimate of drug-likeness (QED) is 0.326. The van der Waals surface area contributed by atoms with E-state index in [9.17, 15) is 0 Å². The minimum atomic E-state index is -0.422. The molecule has 0 radical (unpaired) electrons. The van der Waals surface area contributed by atoms with E-state index in [-0.39, 0.29) is 24.8 Å². The van der Waals surface area contributed by atoms with Crippen molar-refractivity contribution in [1.82, 2.24) is 0 Å². The van der Waals surface area contributed by atoms with Gasteiger partial charge in [0, 0.05) is 18.7 Å². The normalized spacial score (nSPS) is 16.3. The molecule has 0 spiro atoms. The molecule has 3 rings (SSSR count). The van der Waals surface area contributed by atoms with Crippen LogP contribution in [0.15, 0.2) is 40.9 Å². The zero-order chi connectivity index (χ0) is 23.9. The first-order valence-corrected chi connectivity index (χ1v) is 11.4. The van der Waals surface area contributed by atoms with Crippen molar-refractivity contribution in [3.8, 4) is 11.5 Å². The van der Waals surface area contributed by atoms with E-state index in [0.717, 1.165) is 9.94 Å². The van der Waals surface area contributed by atoms with Gasteiger partial charge in [-0.3, -0.25) is 0 Å². The smallest absolute Gasteiger partial charge is 0.466 e. The molecule has 0 saturated carbocycles. The van der Waals surface area contributed by atoms with Crippen molar-refractivity contribution in [3.05, 3.63) is 50.9 Å². The Bertz CT molecular complexity index is 881. The predicted molar refractivity (Wildman–Crippen MR) is 131 cm³/mol. The van der Waals surface area contributed by atoms with Crippen molar-refractivity contribution in [2.24, 2.45) is 0 Å². The molecular weight excluding hydrogens is 522 g/mol. The molecule has 0 atom stereocenters. The van der Waals surface area contributed by atoms with Crippen LogP contribution in [-0.2, 0) is 18.8 Å². The molecule has 10 heteroatoms. The Hall–Kier alpha value is -0.995. The maximum Gasteiger partial charge on any atom is 0.494 e. The summed E-state index contributed by atoms with van der Waals surface area (Å²) in [6, 6.07) is 10.9. The summed E-state index contributed by atoms with van der Waals surface area (Å²) in [4.78, 5) is 0. The molecule has 32 heavy (non-hydrogen) atoms. The first kappa shape index (κ1) is 27.3. The predicted octanol–water partition coefficient (Wildman–Crippen LogP) is 5.71. The molecule has 176 valence electrons. The molecule has 0 bridgehead atoms. The van der Waals surface area contributed by atoms with E-state index in [4.69, 9.17) is 51.5 Å². The lowest BCUT2D eigenvalue weighted by atomic mass is 9.79. The molecule has 0 aromatic heterocycles. The largest absolute Gasteiger partial charge is 0.494 e. The van der Waals surface area contributed by atoms with Gasteiger partial charge < -0.3 is 28.3 Å². The summed E-state index contributed by atoms with van der Waals surface area (Å²) in [5.41, 5.74) is 0.142. The number of ether oxygens (including phenoxy) is 4. The summed E-state index contributed by atoms with van der Waals surface area (Å²) in [7, 11) is 2.70. The second kappa shape index (κ2) is 11.9. The Balaban J connectivity index is 0.000000258. The van der Waals surface area contributed by atoms with Crippen molar-refractivity contribution < 1.29 is 28.3 Å². The van der Waals surface area contributed by atoms with Crippen LogP contribution in [0.5, 0.6) is 11.5 Å². The number of rotatable bonds is 7. The second-order valence-electron chi connectivity index (χ2n) is 7.95. The number of halogens is 3. The summed E-state index contributed by atoms with van der Waals surface area (Å²) >= 11 is 15.3. The van der Waals surface area contributed by atoms with E-state index in [2.05, 4.69) is 15.9 Å². The third kappa shape index (κ3) is 7.25. The van der Waals surface area contributed by atoms with Crippen LogP contribution >= 0.6 is 39.1 Å². The number of hydrogen-bond acceptors (Lipinski definition) is 6. The molecule has 0 unspecified atom stereocenters. The Morgan fingerprint density at radius 3 is 1.72 bits per heavy atom. The zero-order valence-electron chi connectivity index (χ0n) is 19.0. The average Bonchev–Trinajstić information content (AvgIpc) is 2.94. The highest BCUT2D eigenvalue weighted by atomic mass is 79.9. The van der Waals surface area contributed by atoms with E-state index >= 15 is 0 Å². The highest BCUT2D eigenvalue weighted by Gasteiger charge is 2.51. The fourth-order valence-corrected chi connectivity index (χ4v) is 3.57. The van der Waals surface area contributed by atoms with Gasteiger partial charge in [-0.2, -0.15) is 0 Å². The van der Waals surface area contributed by atoms with Gasteiger partial charge in [-0.1, -0.05) is 45.2 Å². The van der Waals surface area contributed by atoms with Crippen molar-refractivity contribution in [2.75, 3.05) is 27.8 Å². The highest BCUT2D eigenvalue weighted by Crippen LogP contribution is 2.37. The van der Waals surface area contributed by atoms with E-state index in [0.29, 0.717) is 21.5 Å². The van der Waals surface area contributed by atoms with E-state index in [1.165, 1.54) is 0 Å². The molecule has 1 fully saturated rings. The second-order valence-corrected chi connectivity index (χ2v) is 9.68. The third-order valence-electron chi connectivity index (χ3n) is 5.04. The Morgan fingerprint density at radius 1 is 0.812 bits per heavy atom. The minimum absolute atomic E-state index is 0.162. The summed E-state index contributed by atoms with van der Waals surface area (Å²) in [6.45, 7) is 8.45. The Morgan fingerprint density at radius 2 is 1.28 bits per heavy atom. The van der Waals surface area contributed by atoms with Crippen LogP contribution in [0, 0.1) is 0 Å². The number of hydrogen-bond donors (Lipinski definition) is 0.